The van der Waals surface area contributed by atoms with Crippen LogP contribution in [0.3, 0.4) is 0 Å². The standard InChI is InChI=1S/C29H24N8/c1-29(2,3)25-6-4-19(5-7-25)26(35-30)22-16-23(27(36-31)20-8-12-33-13-9-20)18-24(17-22)28(37-32)21-10-14-34-15-11-21/h4-18H,1-3H3. The van der Waals surface area contributed by atoms with Crippen molar-refractivity contribution in [3.8, 4) is 0 Å². The summed E-state index contributed by atoms with van der Waals surface area (Å²) in [6, 6.07) is 19.9. The number of hydrogen-bond donors (Lipinski definition) is 0. The topological polar surface area (TPSA) is 135 Å². The number of aromatic nitrogens is 2. The maximum absolute atomic E-state index is 10.1. The summed E-state index contributed by atoms with van der Waals surface area (Å²) in [4.78, 5) is 18.8. The van der Waals surface area contributed by atoms with Crippen LogP contribution in [0.1, 0.15) is 59.7 Å². The van der Waals surface area contributed by atoms with Gasteiger partial charge in [0.15, 0.2) is 0 Å². The van der Waals surface area contributed by atoms with Crippen LogP contribution in [0.15, 0.2) is 91.5 Å². The van der Waals surface area contributed by atoms with Gasteiger partial charge >= 0.3 is 17.1 Å². The predicted octanol–water partition coefficient (Wildman–Crippen LogP) is 4.98. The summed E-state index contributed by atoms with van der Waals surface area (Å²) in [5, 5.41) is 0. The summed E-state index contributed by atoms with van der Waals surface area (Å²) < 4.78 is 0. The highest BCUT2D eigenvalue weighted by molar-refractivity contribution is 6.17. The van der Waals surface area contributed by atoms with E-state index in [0.717, 1.165) is 5.56 Å². The van der Waals surface area contributed by atoms with Crippen LogP contribution in [-0.4, -0.2) is 41.5 Å². The first-order chi connectivity index (χ1) is 17.9. The molecule has 0 aliphatic carbocycles. The molecule has 8 heteroatoms. The molecule has 0 atom stereocenters. The van der Waals surface area contributed by atoms with Crippen LogP contribution in [-0.2, 0) is 5.41 Å². The largest absolute Gasteiger partial charge is 0.361 e. The number of benzene rings is 2. The van der Waals surface area contributed by atoms with E-state index in [-0.39, 0.29) is 16.8 Å². The van der Waals surface area contributed by atoms with Gasteiger partial charge in [0.2, 0.25) is 0 Å². The maximum Gasteiger partial charge on any atom is 0.329 e. The number of hydrogen-bond acceptors (Lipinski definition) is 2. The third kappa shape index (κ3) is 5.43. The first-order valence-electron chi connectivity index (χ1n) is 11.6. The lowest BCUT2D eigenvalue weighted by Crippen LogP contribution is -2.14. The Balaban J connectivity index is 1.93. The van der Waals surface area contributed by atoms with Crippen molar-refractivity contribution < 1.29 is 14.4 Å². The fourth-order valence-corrected chi connectivity index (χ4v) is 4.03. The normalized spacial score (nSPS) is 10.6. The molecule has 0 spiro atoms. The van der Waals surface area contributed by atoms with Gasteiger partial charge in [-0.3, -0.25) is 9.97 Å². The molecule has 0 unspecified atom stereocenters. The Kier molecular flexibility index (Phi) is 7.19. The van der Waals surface area contributed by atoms with Crippen molar-refractivity contribution in [1.29, 1.82) is 0 Å². The van der Waals surface area contributed by atoms with Crippen LogP contribution >= 0.6 is 0 Å². The lowest BCUT2D eigenvalue weighted by molar-refractivity contribution is -0.00300. The Hall–Kier alpha value is -5.12. The van der Waals surface area contributed by atoms with Crippen LogP contribution in [0.25, 0.3) is 16.6 Å². The average molecular weight is 485 g/mol. The highest BCUT2D eigenvalue weighted by Gasteiger charge is 2.26. The maximum atomic E-state index is 10.1. The first-order valence-corrected chi connectivity index (χ1v) is 11.6. The Labute approximate surface area is 214 Å². The van der Waals surface area contributed by atoms with E-state index in [1.54, 1.807) is 67.3 Å². The minimum Gasteiger partial charge on any atom is -0.361 e. The van der Waals surface area contributed by atoms with Crippen molar-refractivity contribution in [3.05, 3.63) is 147 Å². The van der Waals surface area contributed by atoms with E-state index in [1.165, 1.54) is 0 Å². The molecule has 0 aliphatic heterocycles. The van der Waals surface area contributed by atoms with E-state index in [9.17, 15) is 16.6 Å². The molecule has 0 bridgehead atoms. The summed E-state index contributed by atoms with van der Waals surface area (Å²) in [7, 11) is 0. The van der Waals surface area contributed by atoms with Crippen molar-refractivity contribution in [2.45, 2.75) is 26.2 Å². The lowest BCUT2D eigenvalue weighted by atomic mass is 9.86. The quantitative estimate of drug-likeness (QED) is 0.217. The molecule has 0 fully saturated rings. The molecule has 2 aromatic heterocycles. The van der Waals surface area contributed by atoms with E-state index in [2.05, 4.69) is 45.1 Å². The van der Waals surface area contributed by atoms with Crippen LogP contribution in [0.4, 0.5) is 0 Å². The summed E-state index contributed by atoms with van der Waals surface area (Å²) in [6.07, 6.45) is 6.39. The molecule has 0 saturated carbocycles. The molecular weight excluding hydrogens is 460 g/mol. The zero-order chi connectivity index (χ0) is 26.4. The molecule has 2 heterocycles. The van der Waals surface area contributed by atoms with E-state index in [4.69, 9.17) is 0 Å². The molecule has 0 radical (unpaired) electrons. The summed E-state index contributed by atoms with van der Waals surface area (Å²) in [5.41, 5.74) is 35.5. The first kappa shape index (κ1) is 25.0. The minimum atomic E-state index is -0.0315. The fourth-order valence-electron chi connectivity index (χ4n) is 4.03. The van der Waals surface area contributed by atoms with Gasteiger partial charge in [-0.2, -0.15) is 14.4 Å². The molecule has 4 rings (SSSR count). The highest BCUT2D eigenvalue weighted by Crippen LogP contribution is 2.24. The SMILES string of the molecule is CC(C)(C)c1ccc(C(=[N+]=[N-])c2cc(C(=[N+]=[N-])c3ccncc3)cc(C(=[N+]=[N-])c3ccncc3)c2)cc1. The monoisotopic (exact) mass is 484 g/mol. The fraction of sp³-hybridized carbons (Fsp3) is 0.138. The van der Waals surface area contributed by atoms with Crippen molar-refractivity contribution in [2.24, 2.45) is 0 Å². The van der Waals surface area contributed by atoms with Gasteiger partial charge < -0.3 is 16.6 Å². The second-order valence-corrected chi connectivity index (χ2v) is 9.44. The molecule has 0 N–H and O–H groups in total. The van der Waals surface area contributed by atoms with Gasteiger partial charge in [-0.1, -0.05) is 32.9 Å². The second-order valence-electron chi connectivity index (χ2n) is 9.44. The number of pyridine rings is 2. The highest BCUT2D eigenvalue weighted by atomic mass is 14.9. The molecule has 0 saturated heterocycles. The van der Waals surface area contributed by atoms with Crippen molar-refractivity contribution in [3.63, 3.8) is 0 Å². The van der Waals surface area contributed by atoms with Gasteiger partial charge in [0, 0.05) is 24.8 Å². The molecule has 0 aliphatic rings. The summed E-state index contributed by atoms with van der Waals surface area (Å²) >= 11 is 0. The third-order valence-electron chi connectivity index (χ3n) is 5.99. The number of nitrogens with zero attached hydrogens (tertiary/aromatic N) is 8. The van der Waals surface area contributed by atoms with Crippen molar-refractivity contribution in [1.82, 2.24) is 9.97 Å². The van der Waals surface area contributed by atoms with E-state index >= 15 is 0 Å². The molecular formula is C29H24N8. The van der Waals surface area contributed by atoms with Gasteiger partial charge in [-0.05, 0) is 65.6 Å². The molecule has 0 amide bonds. The van der Waals surface area contributed by atoms with Crippen LogP contribution in [0.2, 0.25) is 0 Å². The average Bonchev–Trinajstić information content (AvgIpc) is 2.91. The molecule has 8 nitrogen and oxygen atoms in total. The predicted molar refractivity (Wildman–Crippen MR) is 141 cm³/mol. The summed E-state index contributed by atoms with van der Waals surface area (Å²) in [5.74, 6) is 0. The van der Waals surface area contributed by atoms with Crippen LogP contribution in [0, 0.1) is 0 Å². The molecule has 4 aromatic rings. The van der Waals surface area contributed by atoms with Gasteiger partial charge in [-0.15, -0.1) is 0 Å². The lowest BCUT2D eigenvalue weighted by Gasteiger charge is -2.18. The number of rotatable bonds is 6. The summed E-state index contributed by atoms with van der Waals surface area (Å²) in [6.45, 7) is 6.38. The van der Waals surface area contributed by atoms with Gasteiger partial charge in [-0.25, -0.2) is 0 Å². The van der Waals surface area contributed by atoms with Gasteiger partial charge in [0.25, 0.3) is 0 Å². The third-order valence-corrected chi connectivity index (χ3v) is 5.99. The van der Waals surface area contributed by atoms with Crippen molar-refractivity contribution >= 4 is 17.1 Å². The molecule has 2 aromatic carbocycles. The van der Waals surface area contributed by atoms with Gasteiger partial charge in [0.1, 0.15) is 0 Å². The van der Waals surface area contributed by atoms with Crippen molar-refractivity contribution in [2.75, 3.05) is 0 Å². The van der Waals surface area contributed by atoms with E-state index < -0.39 is 0 Å². The van der Waals surface area contributed by atoms with Gasteiger partial charge in [0.05, 0.1) is 33.4 Å². The smallest absolute Gasteiger partial charge is 0.329 e. The zero-order valence-electron chi connectivity index (χ0n) is 20.7. The Bertz CT molecular complexity index is 1500. The minimum absolute atomic E-state index is 0.0315. The Morgan fingerprint density at radius 2 is 0.838 bits per heavy atom. The second kappa shape index (κ2) is 10.6. The van der Waals surface area contributed by atoms with Crippen LogP contribution < -0.4 is 0 Å². The Morgan fingerprint density at radius 3 is 1.14 bits per heavy atom. The molecule has 37 heavy (non-hydrogen) atoms. The van der Waals surface area contributed by atoms with E-state index in [1.807, 2.05) is 24.3 Å². The molecule has 180 valence electrons. The Morgan fingerprint density at radius 1 is 0.514 bits per heavy atom. The zero-order valence-corrected chi connectivity index (χ0v) is 20.7. The van der Waals surface area contributed by atoms with Crippen LogP contribution in [0.5, 0.6) is 0 Å². The van der Waals surface area contributed by atoms with E-state index in [0.29, 0.717) is 39.1 Å².